The highest BCUT2D eigenvalue weighted by molar-refractivity contribution is 4.99. The van der Waals surface area contributed by atoms with Crippen LogP contribution < -0.4 is 0 Å². The maximum atomic E-state index is 5.93. The second-order valence-corrected chi connectivity index (χ2v) is 10.9. The van der Waals surface area contributed by atoms with Gasteiger partial charge in [-0.25, -0.2) is 0 Å². The Bertz CT molecular complexity index is 528. The quantitative estimate of drug-likeness (QED) is 0.171. The number of unbranched alkanes of at least 4 members (excludes halogenated alkanes) is 5. The molecule has 0 aromatic heterocycles. The molecule has 0 spiro atoms. The summed E-state index contributed by atoms with van der Waals surface area (Å²) in [5.74, 6) is 1.47. The van der Waals surface area contributed by atoms with Gasteiger partial charge in [0.25, 0.3) is 5.97 Å². The molecule has 7 atom stereocenters. The number of fused-ring (bicyclic) bond motifs is 2. The smallest absolute Gasteiger partial charge is 0.285 e. The molecule has 2 aliphatic heterocycles. The molecule has 0 bridgehead atoms. The normalized spacial score (nSPS) is 35.6. The first-order valence-corrected chi connectivity index (χ1v) is 13.6. The molecule has 0 N–H and O–H groups in total. The molecule has 2 saturated heterocycles. The van der Waals surface area contributed by atoms with Crippen molar-refractivity contribution in [2.24, 2.45) is 23.7 Å². The Kier molecular flexibility index (Phi) is 8.94. The number of methoxy groups -OCH3 is 3. The molecule has 7 unspecified atom stereocenters. The first kappa shape index (κ1) is 24.9. The van der Waals surface area contributed by atoms with Crippen molar-refractivity contribution in [3.63, 3.8) is 0 Å². The fourth-order valence-electron chi connectivity index (χ4n) is 7.11. The van der Waals surface area contributed by atoms with E-state index in [-0.39, 0.29) is 5.92 Å². The third-order valence-electron chi connectivity index (χ3n) is 9.12. The zero-order chi connectivity index (χ0) is 22.6. The monoisotopic (exact) mass is 452 g/mol. The lowest BCUT2D eigenvalue weighted by Crippen LogP contribution is -2.46. The van der Waals surface area contributed by atoms with Gasteiger partial charge in [0.15, 0.2) is 0 Å². The first-order valence-electron chi connectivity index (χ1n) is 13.6. The molecule has 2 aliphatic carbocycles. The Labute approximate surface area is 196 Å². The fraction of sp³-hybridized carbons (Fsp3) is 1.00. The van der Waals surface area contributed by atoms with E-state index in [0.717, 1.165) is 24.7 Å². The highest BCUT2D eigenvalue weighted by atomic mass is 16.9. The van der Waals surface area contributed by atoms with E-state index in [1.54, 1.807) is 21.3 Å². The molecular formula is C27H48O5. The number of hydrogen-bond acceptors (Lipinski definition) is 5. The third kappa shape index (κ3) is 5.89. The SMILES string of the molecule is CCCCCCCCC(CC(C1CCC2OC2C1)C1CCC2OC2C1)C(OC)(OC)OC. The van der Waals surface area contributed by atoms with E-state index >= 15 is 0 Å². The maximum absolute atomic E-state index is 5.93. The summed E-state index contributed by atoms with van der Waals surface area (Å²) < 4.78 is 29.7. The minimum absolute atomic E-state index is 0.245. The van der Waals surface area contributed by atoms with Crippen LogP contribution in [-0.4, -0.2) is 51.7 Å². The van der Waals surface area contributed by atoms with Crippen molar-refractivity contribution in [2.45, 2.75) is 127 Å². The van der Waals surface area contributed by atoms with Gasteiger partial charge < -0.3 is 23.7 Å². The molecule has 5 heteroatoms. The van der Waals surface area contributed by atoms with E-state index in [0.29, 0.717) is 30.3 Å². The van der Waals surface area contributed by atoms with E-state index in [1.165, 1.54) is 77.0 Å². The molecule has 0 aromatic carbocycles. The van der Waals surface area contributed by atoms with Crippen molar-refractivity contribution in [1.82, 2.24) is 0 Å². The van der Waals surface area contributed by atoms with Crippen LogP contribution in [0.4, 0.5) is 0 Å². The van der Waals surface area contributed by atoms with E-state index in [1.807, 2.05) is 0 Å². The summed E-state index contributed by atoms with van der Waals surface area (Å²) in [4.78, 5) is 0. The van der Waals surface area contributed by atoms with Crippen LogP contribution in [-0.2, 0) is 23.7 Å². The third-order valence-corrected chi connectivity index (χ3v) is 9.12. The Balaban J connectivity index is 1.44. The van der Waals surface area contributed by atoms with Gasteiger partial charge in [-0.1, -0.05) is 45.4 Å². The lowest BCUT2D eigenvalue weighted by atomic mass is 9.66. The fourth-order valence-corrected chi connectivity index (χ4v) is 7.11. The molecule has 0 radical (unpaired) electrons. The second-order valence-electron chi connectivity index (χ2n) is 10.9. The molecule has 0 aromatic rings. The Hall–Kier alpha value is -0.200. The van der Waals surface area contributed by atoms with Gasteiger partial charge in [0.2, 0.25) is 0 Å². The van der Waals surface area contributed by atoms with Gasteiger partial charge >= 0.3 is 0 Å². The average molecular weight is 453 g/mol. The van der Waals surface area contributed by atoms with Crippen LogP contribution in [0.2, 0.25) is 0 Å². The summed E-state index contributed by atoms with van der Waals surface area (Å²) in [6.07, 6.45) is 19.8. The van der Waals surface area contributed by atoms with Crippen LogP contribution in [0.5, 0.6) is 0 Å². The van der Waals surface area contributed by atoms with Crippen LogP contribution in [0.15, 0.2) is 0 Å². The van der Waals surface area contributed by atoms with Gasteiger partial charge in [-0.3, -0.25) is 0 Å². The van der Waals surface area contributed by atoms with Crippen LogP contribution in [0.1, 0.15) is 96.8 Å². The van der Waals surface area contributed by atoms with Crippen LogP contribution in [0.3, 0.4) is 0 Å². The van der Waals surface area contributed by atoms with Crippen molar-refractivity contribution >= 4 is 0 Å². The van der Waals surface area contributed by atoms with E-state index in [4.69, 9.17) is 23.7 Å². The molecule has 4 fully saturated rings. The molecular weight excluding hydrogens is 404 g/mol. The second kappa shape index (κ2) is 11.5. The van der Waals surface area contributed by atoms with E-state index < -0.39 is 5.97 Å². The number of epoxide rings is 2. The Morgan fingerprint density at radius 2 is 1.25 bits per heavy atom. The Morgan fingerprint density at radius 1 is 0.719 bits per heavy atom. The highest BCUT2D eigenvalue weighted by Gasteiger charge is 2.52. The van der Waals surface area contributed by atoms with Gasteiger partial charge in [0.05, 0.1) is 24.4 Å². The van der Waals surface area contributed by atoms with Gasteiger partial charge in [-0.2, -0.15) is 0 Å². The first-order chi connectivity index (χ1) is 15.6. The summed E-state index contributed by atoms with van der Waals surface area (Å²) in [6.45, 7) is 2.28. The lowest BCUT2D eigenvalue weighted by molar-refractivity contribution is -0.382. The van der Waals surface area contributed by atoms with E-state index in [2.05, 4.69) is 6.92 Å². The number of hydrogen-bond donors (Lipinski definition) is 0. The zero-order valence-electron chi connectivity index (χ0n) is 21.1. The maximum Gasteiger partial charge on any atom is 0.285 e. The summed E-state index contributed by atoms with van der Waals surface area (Å²) in [5.41, 5.74) is 0. The minimum Gasteiger partial charge on any atom is -0.370 e. The average Bonchev–Trinajstić information content (AvgIpc) is 3.74. The summed E-state index contributed by atoms with van der Waals surface area (Å²) in [7, 11) is 5.22. The standard InChI is InChI=1S/C27H48O5/c1-5-6-7-8-9-10-11-21(27(28-2,29-3)30-4)18-22(19-12-14-23-25(16-19)31-23)20-13-15-24-26(17-20)32-24/h19-26H,5-18H2,1-4H3. The van der Waals surface area contributed by atoms with Crippen molar-refractivity contribution in [2.75, 3.05) is 21.3 Å². The van der Waals surface area contributed by atoms with Crippen LogP contribution in [0, 0.1) is 23.7 Å². The van der Waals surface area contributed by atoms with Crippen molar-refractivity contribution in [1.29, 1.82) is 0 Å². The molecule has 5 nitrogen and oxygen atoms in total. The number of ether oxygens (including phenoxy) is 5. The summed E-state index contributed by atoms with van der Waals surface area (Å²) >= 11 is 0. The van der Waals surface area contributed by atoms with Crippen molar-refractivity contribution < 1.29 is 23.7 Å². The van der Waals surface area contributed by atoms with Gasteiger partial charge in [-0.15, -0.1) is 0 Å². The molecule has 2 saturated carbocycles. The summed E-state index contributed by atoms with van der Waals surface area (Å²) in [6, 6.07) is 0. The zero-order valence-corrected chi connectivity index (χ0v) is 21.1. The molecule has 32 heavy (non-hydrogen) atoms. The van der Waals surface area contributed by atoms with Gasteiger partial charge in [0.1, 0.15) is 0 Å². The van der Waals surface area contributed by atoms with E-state index in [9.17, 15) is 0 Å². The van der Waals surface area contributed by atoms with Crippen LogP contribution >= 0.6 is 0 Å². The molecule has 0 amide bonds. The minimum atomic E-state index is -0.942. The molecule has 2 heterocycles. The predicted octanol–water partition coefficient (Wildman–Crippen LogP) is 6.09. The molecule has 4 rings (SSSR count). The predicted molar refractivity (Wildman–Crippen MR) is 125 cm³/mol. The highest BCUT2D eigenvalue weighted by Crippen LogP contribution is 2.52. The van der Waals surface area contributed by atoms with Crippen LogP contribution in [0.25, 0.3) is 0 Å². The summed E-state index contributed by atoms with van der Waals surface area (Å²) in [5, 5.41) is 0. The van der Waals surface area contributed by atoms with Crippen molar-refractivity contribution in [3.05, 3.63) is 0 Å². The van der Waals surface area contributed by atoms with Crippen molar-refractivity contribution in [3.8, 4) is 0 Å². The van der Waals surface area contributed by atoms with Gasteiger partial charge in [0, 0.05) is 27.2 Å². The number of rotatable bonds is 15. The Morgan fingerprint density at radius 3 is 1.75 bits per heavy atom. The largest absolute Gasteiger partial charge is 0.370 e. The lowest BCUT2D eigenvalue weighted by Gasteiger charge is -2.43. The molecule has 186 valence electrons. The topological polar surface area (TPSA) is 52.8 Å². The van der Waals surface area contributed by atoms with Gasteiger partial charge in [-0.05, 0) is 69.1 Å². The molecule has 4 aliphatic rings.